The predicted molar refractivity (Wildman–Crippen MR) is 69.8 cm³/mol. The van der Waals surface area contributed by atoms with Crippen molar-refractivity contribution in [2.45, 2.75) is 19.9 Å². The number of ether oxygens (including phenoxy) is 1. The van der Waals surface area contributed by atoms with Crippen molar-refractivity contribution in [2.75, 3.05) is 27.7 Å². The van der Waals surface area contributed by atoms with Crippen LogP contribution in [0, 0.1) is 6.92 Å². The lowest BCUT2D eigenvalue weighted by molar-refractivity contribution is -0.128. The first-order valence-electron chi connectivity index (χ1n) is 6.04. The highest BCUT2D eigenvalue weighted by Gasteiger charge is 2.15. The summed E-state index contributed by atoms with van der Waals surface area (Å²) in [6.45, 7) is 2.74. The van der Waals surface area contributed by atoms with E-state index in [9.17, 15) is 9.59 Å². The fourth-order valence-corrected chi connectivity index (χ4v) is 1.57. The number of rotatable bonds is 6. The molecule has 106 valence electrons. The number of nitrogens with one attached hydrogen (secondary N) is 1. The Morgan fingerprint density at radius 3 is 2.68 bits per heavy atom. The Bertz CT molecular complexity index is 451. The zero-order valence-electron chi connectivity index (χ0n) is 11.8. The van der Waals surface area contributed by atoms with Crippen LogP contribution in [0.2, 0.25) is 0 Å². The van der Waals surface area contributed by atoms with E-state index in [2.05, 4.69) is 10.1 Å². The average Bonchev–Trinajstić information content (AvgIpc) is 2.74. The van der Waals surface area contributed by atoms with Gasteiger partial charge in [0.2, 0.25) is 5.91 Å². The Kier molecular flexibility index (Phi) is 5.57. The fourth-order valence-electron chi connectivity index (χ4n) is 1.57. The summed E-state index contributed by atoms with van der Waals surface area (Å²) in [4.78, 5) is 24.3. The number of amides is 1. The third kappa shape index (κ3) is 4.40. The molecule has 0 saturated heterocycles. The molecule has 0 aliphatic heterocycles. The second-order valence-corrected chi connectivity index (χ2v) is 4.39. The number of aryl methyl sites for hydroxylation is 1. The van der Waals surface area contributed by atoms with Crippen LogP contribution in [0.3, 0.4) is 0 Å². The summed E-state index contributed by atoms with van der Waals surface area (Å²) in [5.41, 5.74) is 0.434. The van der Waals surface area contributed by atoms with Gasteiger partial charge < -0.3 is 19.4 Å². The van der Waals surface area contributed by atoms with Crippen LogP contribution >= 0.6 is 0 Å². The third-order valence-corrected chi connectivity index (χ3v) is 2.69. The first kappa shape index (κ1) is 15.2. The van der Waals surface area contributed by atoms with Crippen molar-refractivity contribution in [1.29, 1.82) is 0 Å². The Balaban J connectivity index is 2.42. The van der Waals surface area contributed by atoms with Gasteiger partial charge >= 0.3 is 5.97 Å². The Labute approximate surface area is 112 Å². The zero-order valence-corrected chi connectivity index (χ0v) is 11.8. The minimum atomic E-state index is -0.407. The standard InChI is InChI=1S/C13H20N2O4/c1-9-11(13(17)18-4)7-10(19-9)8-14-6-5-12(16)15(2)3/h7,14H,5-6,8H2,1-4H3. The number of furan rings is 1. The number of hydrogen-bond donors (Lipinski definition) is 1. The van der Waals surface area contributed by atoms with Crippen molar-refractivity contribution in [3.8, 4) is 0 Å². The van der Waals surface area contributed by atoms with Gasteiger partial charge in [-0.25, -0.2) is 4.79 Å². The third-order valence-electron chi connectivity index (χ3n) is 2.69. The van der Waals surface area contributed by atoms with E-state index in [4.69, 9.17) is 4.42 Å². The zero-order chi connectivity index (χ0) is 14.4. The molecule has 0 radical (unpaired) electrons. The number of esters is 1. The number of hydrogen-bond acceptors (Lipinski definition) is 5. The monoisotopic (exact) mass is 268 g/mol. The Hall–Kier alpha value is -1.82. The Morgan fingerprint density at radius 2 is 2.11 bits per heavy atom. The smallest absolute Gasteiger partial charge is 0.341 e. The molecule has 0 spiro atoms. The molecule has 0 fully saturated rings. The maximum absolute atomic E-state index is 11.4. The van der Waals surface area contributed by atoms with Crippen LogP contribution in [0.25, 0.3) is 0 Å². The van der Waals surface area contributed by atoms with Crippen molar-refractivity contribution in [3.63, 3.8) is 0 Å². The van der Waals surface area contributed by atoms with E-state index < -0.39 is 5.97 Å². The summed E-state index contributed by atoms with van der Waals surface area (Å²) >= 11 is 0. The number of carbonyl (C=O) groups excluding carboxylic acids is 2. The fraction of sp³-hybridized carbons (Fsp3) is 0.538. The molecule has 6 nitrogen and oxygen atoms in total. The molecule has 0 unspecified atom stereocenters. The van der Waals surface area contributed by atoms with Crippen molar-refractivity contribution in [2.24, 2.45) is 0 Å². The van der Waals surface area contributed by atoms with Gasteiger partial charge in [-0.05, 0) is 13.0 Å². The number of methoxy groups -OCH3 is 1. The van der Waals surface area contributed by atoms with Gasteiger partial charge in [-0.2, -0.15) is 0 Å². The highest BCUT2D eigenvalue weighted by atomic mass is 16.5. The van der Waals surface area contributed by atoms with E-state index in [0.29, 0.717) is 36.6 Å². The molecule has 6 heteroatoms. The second kappa shape index (κ2) is 6.94. The van der Waals surface area contributed by atoms with Crippen molar-refractivity contribution in [3.05, 3.63) is 23.2 Å². The molecule has 0 bridgehead atoms. The van der Waals surface area contributed by atoms with Crippen molar-refractivity contribution >= 4 is 11.9 Å². The lowest BCUT2D eigenvalue weighted by Crippen LogP contribution is -2.26. The molecular formula is C13H20N2O4. The molecule has 1 heterocycles. The van der Waals surface area contributed by atoms with E-state index in [-0.39, 0.29) is 5.91 Å². The molecule has 0 atom stereocenters. The van der Waals surface area contributed by atoms with Gasteiger partial charge in [0.25, 0.3) is 0 Å². The van der Waals surface area contributed by atoms with Gasteiger partial charge in [0.1, 0.15) is 17.1 Å². The predicted octanol–water partition coefficient (Wildman–Crippen LogP) is 0.943. The molecule has 1 N–H and O–H groups in total. The van der Waals surface area contributed by atoms with Crippen LogP contribution < -0.4 is 5.32 Å². The molecular weight excluding hydrogens is 248 g/mol. The quantitative estimate of drug-likeness (QED) is 0.614. The van der Waals surface area contributed by atoms with E-state index >= 15 is 0 Å². The minimum absolute atomic E-state index is 0.0679. The van der Waals surface area contributed by atoms with Crippen LogP contribution in [0.15, 0.2) is 10.5 Å². The highest BCUT2D eigenvalue weighted by Crippen LogP contribution is 2.15. The summed E-state index contributed by atoms with van der Waals surface area (Å²) in [7, 11) is 4.78. The maximum atomic E-state index is 11.4. The van der Waals surface area contributed by atoms with Gasteiger partial charge in [-0.1, -0.05) is 0 Å². The topological polar surface area (TPSA) is 71.8 Å². The van der Waals surface area contributed by atoms with E-state index in [1.807, 2.05) is 0 Å². The van der Waals surface area contributed by atoms with Crippen LogP contribution in [0.4, 0.5) is 0 Å². The number of nitrogens with zero attached hydrogens (tertiary/aromatic N) is 1. The summed E-state index contributed by atoms with van der Waals surface area (Å²) in [6.07, 6.45) is 0.427. The first-order chi connectivity index (χ1) is 8.95. The van der Waals surface area contributed by atoms with Gasteiger partial charge in [0.15, 0.2) is 0 Å². The molecule has 0 aromatic carbocycles. The van der Waals surface area contributed by atoms with Crippen LogP contribution in [-0.2, 0) is 16.1 Å². The van der Waals surface area contributed by atoms with Crippen LogP contribution in [-0.4, -0.2) is 44.5 Å². The summed E-state index contributed by atoms with van der Waals surface area (Å²) in [5.74, 6) is 0.844. The second-order valence-electron chi connectivity index (χ2n) is 4.39. The van der Waals surface area contributed by atoms with Crippen molar-refractivity contribution < 1.29 is 18.7 Å². The molecule has 1 aromatic heterocycles. The van der Waals surface area contributed by atoms with Crippen LogP contribution in [0.1, 0.15) is 28.3 Å². The van der Waals surface area contributed by atoms with Gasteiger partial charge in [-0.15, -0.1) is 0 Å². The SMILES string of the molecule is COC(=O)c1cc(CNCCC(=O)N(C)C)oc1C. The lowest BCUT2D eigenvalue weighted by Gasteiger charge is -2.09. The molecule has 0 aliphatic carbocycles. The molecule has 0 saturated carbocycles. The van der Waals surface area contributed by atoms with Gasteiger partial charge in [-0.3, -0.25) is 4.79 Å². The van der Waals surface area contributed by atoms with E-state index in [1.165, 1.54) is 7.11 Å². The normalized spacial score (nSPS) is 10.3. The molecule has 19 heavy (non-hydrogen) atoms. The summed E-state index contributed by atoms with van der Waals surface area (Å²) in [5, 5.41) is 3.09. The molecule has 1 rings (SSSR count). The summed E-state index contributed by atoms with van der Waals surface area (Å²) in [6, 6.07) is 1.65. The minimum Gasteiger partial charge on any atom is -0.465 e. The van der Waals surface area contributed by atoms with Gasteiger partial charge in [0, 0.05) is 27.1 Å². The van der Waals surface area contributed by atoms with Crippen molar-refractivity contribution in [1.82, 2.24) is 10.2 Å². The molecule has 1 amide bonds. The Morgan fingerprint density at radius 1 is 1.42 bits per heavy atom. The van der Waals surface area contributed by atoms with Gasteiger partial charge in [0.05, 0.1) is 13.7 Å². The largest absolute Gasteiger partial charge is 0.465 e. The van der Waals surface area contributed by atoms with Crippen LogP contribution in [0.5, 0.6) is 0 Å². The first-order valence-corrected chi connectivity index (χ1v) is 6.04. The maximum Gasteiger partial charge on any atom is 0.341 e. The number of carbonyl (C=O) groups is 2. The van der Waals surface area contributed by atoms with E-state index in [1.54, 1.807) is 32.0 Å². The highest BCUT2D eigenvalue weighted by molar-refractivity contribution is 5.90. The van der Waals surface area contributed by atoms with E-state index in [0.717, 1.165) is 0 Å². The molecule has 0 aliphatic rings. The average molecular weight is 268 g/mol. The molecule has 1 aromatic rings. The summed E-state index contributed by atoms with van der Waals surface area (Å²) < 4.78 is 10.1. The lowest BCUT2D eigenvalue weighted by atomic mass is 10.2.